The summed E-state index contributed by atoms with van der Waals surface area (Å²) < 4.78 is 56.6. The van der Waals surface area contributed by atoms with Crippen LogP contribution < -0.4 is 0 Å². The Bertz CT molecular complexity index is 1030. The van der Waals surface area contributed by atoms with E-state index in [9.17, 15) is 35.7 Å². The van der Waals surface area contributed by atoms with E-state index in [1.807, 2.05) is 30.3 Å². The minimum Gasteiger partial charge on any atom is -0.394 e. The molecule has 1 aromatic carbocycles. The Morgan fingerprint density at radius 3 is 0.948 bits per heavy atom. The third kappa shape index (κ3) is 29.6. The van der Waals surface area contributed by atoms with Gasteiger partial charge >= 0.3 is 0 Å². The van der Waals surface area contributed by atoms with Crippen molar-refractivity contribution < 1.29 is 104 Å². The highest BCUT2D eigenvalue weighted by Gasteiger charge is 2.21. The minimum absolute atomic E-state index is 0.0371. The van der Waals surface area contributed by atoms with E-state index in [2.05, 4.69) is 0 Å². The molecule has 11 N–H and O–H groups in total. The van der Waals surface area contributed by atoms with Crippen molar-refractivity contribution in [2.75, 3.05) is 132 Å². The second-order valence-electron chi connectivity index (χ2n) is 13.3. The van der Waals surface area contributed by atoms with Gasteiger partial charge in [-0.2, -0.15) is 0 Å². The molecule has 10 atom stereocenters. The van der Waals surface area contributed by atoms with Gasteiger partial charge in [-0.25, -0.2) is 0 Å². The molecule has 342 valence electrons. The van der Waals surface area contributed by atoms with Gasteiger partial charge in [-0.3, -0.25) is 0 Å². The van der Waals surface area contributed by atoms with Crippen molar-refractivity contribution in [2.45, 2.75) is 67.6 Å². The molecule has 21 nitrogen and oxygen atoms in total. The molecule has 0 aliphatic heterocycles. The molecule has 0 amide bonds. The molecular weight excluding hydrogens is 780 g/mol. The molecular formula is C37H68O21. The predicted octanol–water partition coefficient (Wildman–Crippen LogP) is -5.05. The van der Waals surface area contributed by atoms with E-state index in [1.165, 1.54) is 0 Å². The summed E-state index contributed by atoms with van der Waals surface area (Å²) in [7, 11) is 0. The fourth-order valence-corrected chi connectivity index (χ4v) is 4.43. The number of aliphatic hydroxyl groups excluding tert-OH is 11. The summed E-state index contributed by atoms with van der Waals surface area (Å²) in [4.78, 5) is 0. The second kappa shape index (κ2) is 36.1. The molecule has 1 rings (SSSR count). The van der Waals surface area contributed by atoms with Crippen LogP contribution >= 0.6 is 0 Å². The van der Waals surface area contributed by atoms with E-state index in [0.29, 0.717) is 0 Å². The Hall–Kier alpha value is -1.62. The summed E-state index contributed by atoms with van der Waals surface area (Å²) >= 11 is 0. The van der Waals surface area contributed by atoms with Gasteiger partial charge < -0.3 is 104 Å². The average Bonchev–Trinajstić information content (AvgIpc) is 3.24. The summed E-state index contributed by atoms with van der Waals surface area (Å²) in [6.45, 7) is -4.16. The van der Waals surface area contributed by atoms with E-state index in [0.717, 1.165) is 5.56 Å². The maximum Gasteiger partial charge on any atom is 0.104 e. The zero-order chi connectivity index (χ0) is 42.8. The van der Waals surface area contributed by atoms with Crippen LogP contribution in [0.5, 0.6) is 0 Å². The molecule has 21 heteroatoms. The van der Waals surface area contributed by atoms with Gasteiger partial charge in [0.15, 0.2) is 0 Å². The van der Waals surface area contributed by atoms with Crippen LogP contribution in [-0.4, -0.2) is 249 Å². The van der Waals surface area contributed by atoms with Crippen LogP contribution in [0.25, 0.3) is 0 Å². The van der Waals surface area contributed by atoms with Crippen LogP contribution in [0.3, 0.4) is 0 Å². The van der Waals surface area contributed by atoms with Crippen LogP contribution in [0.1, 0.15) is 5.56 Å². The van der Waals surface area contributed by atoms with Crippen LogP contribution in [-0.2, 0) is 54.0 Å². The van der Waals surface area contributed by atoms with Gasteiger partial charge in [0.05, 0.1) is 139 Å². The lowest BCUT2D eigenvalue weighted by molar-refractivity contribution is -0.139. The van der Waals surface area contributed by atoms with Crippen molar-refractivity contribution in [3.8, 4) is 0 Å². The van der Waals surface area contributed by atoms with Crippen molar-refractivity contribution in [2.24, 2.45) is 0 Å². The van der Waals surface area contributed by atoms with Gasteiger partial charge in [-0.05, 0) is 5.56 Å². The first-order chi connectivity index (χ1) is 28.0. The van der Waals surface area contributed by atoms with E-state index >= 15 is 0 Å². The fourth-order valence-electron chi connectivity index (χ4n) is 4.43. The van der Waals surface area contributed by atoms with Gasteiger partial charge in [0, 0.05) is 0 Å². The first kappa shape index (κ1) is 54.4. The highest BCUT2D eigenvalue weighted by molar-refractivity contribution is 5.13. The number of hydrogen-bond donors (Lipinski definition) is 11. The summed E-state index contributed by atoms with van der Waals surface area (Å²) in [6.07, 6.45) is -9.69. The highest BCUT2D eigenvalue weighted by atomic mass is 16.6. The van der Waals surface area contributed by atoms with Crippen molar-refractivity contribution in [1.29, 1.82) is 0 Å². The zero-order valence-corrected chi connectivity index (χ0v) is 33.0. The lowest BCUT2D eigenvalue weighted by atomic mass is 10.2. The molecule has 0 aliphatic rings. The van der Waals surface area contributed by atoms with E-state index in [1.54, 1.807) is 0 Å². The van der Waals surface area contributed by atoms with Crippen LogP contribution in [0.4, 0.5) is 0 Å². The third-order valence-electron chi connectivity index (χ3n) is 7.62. The Balaban J connectivity index is 2.81. The van der Waals surface area contributed by atoms with Gasteiger partial charge in [0.1, 0.15) is 61.0 Å². The van der Waals surface area contributed by atoms with Crippen molar-refractivity contribution in [3.63, 3.8) is 0 Å². The molecule has 0 spiro atoms. The van der Waals surface area contributed by atoms with Gasteiger partial charge in [-0.15, -0.1) is 0 Å². The summed E-state index contributed by atoms with van der Waals surface area (Å²) in [5.41, 5.74) is 0.920. The quantitative estimate of drug-likeness (QED) is 0.0294. The molecule has 0 saturated heterocycles. The Morgan fingerprint density at radius 2 is 0.586 bits per heavy atom. The first-order valence-corrected chi connectivity index (χ1v) is 19.1. The number of ether oxygens (including phenoxy) is 10. The van der Waals surface area contributed by atoms with Crippen LogP contribution in [0.2, 0.25) is 0 Å². The average molecular weight is 849 g/mol. The Morgan fingerprint density at radius 1 is 0.310 bits per heavy atom. The smallest absolute Gasteiger partial charge is 0.104 e. The number of hydrogen-bond acceptors (Lipinski definition) is 21. The van der Waals surface area contributed by atoms with E-state index in [4.69, 9.17) is 67.8 Å². The van der Waals surface area contributed by atoms with E-state index in [-0.39, 0.29) is 106 Å². The molecule has 0 bridgehead atoms. The lowest BCUT2D eigenvalue weighted by Crippen LogP contribution is -2.37. The number of benzene rings is 1. The molecule has 10 unspecified atom stereocenters. The minimum atomic E-state index is -1.18. The lowest BCUT2D eigenvalue weighted by Gasteiger charge is -2.25. The maximum absolute atomic E-state index is 10.5. The topological polar surface area (TPSA) is 315 Å². The predicted molar refractivity (Wildman–Crippen MR) is 201 cm³/mol. The van der Waals surface area contributed by atoms with Crippen molar-refractivity contribution in [3.05, 3.63) is 35.9 Å². The van der Waals surface area contributed by atoms with Gasteiger partial charge in [0.2, 0.25) is 0 Å². The molecule has 0 heterocycles. The SMILES string of the molecule is OCC(O)COCC(COCC(O)COCC(COCc1ccccc1)OCC(COCC(COCC(O)CO)OCC(O)CO)OCC(O)CO)OCC(O)CO. The van der Waals surface area contributed by atoms with Gasteiger partial charge in [-0.1, -0.05) is 30.3 Å². The summed E-state index contributed by atoms with van der Waals surface area (Å²) in [5.74, 6) is 0. The zero-order valence-electron chi connectivity index (χ0n) is 33.0. The number of aliphatic hydroxyl groups is 11. The molecule has 0 aliphatic carbocycles. The first-order valence-electron chi connectivity index (χ1n) is 19.1. The van der Waals surface area contributed by atoms with Crippen LogP contribution in [0.15, 0.2) is 30.3 Å². The maximum atomic E-state index is 10.5. The standard InChI is InChI=1S/C37H68O21/c38-6-28(43)12-50-20-34(55-16-30(45)8-40)22-52-14-33(48)15-53-23-36(19-49-11-27-4-2-1-3-5-27)58-26-37(57-18-32(47)10-42)25-54-24-35(56-17-31(46)9-41)21-51-13-29(44)7-39/h1-5,28-48H,6-26H2. The molecule has 1 aromatic rings. The molecule has 0 radical (unpaired) electrons. The molecule has 0 fully saturated rings. The Kier molecular flexibility index (Phi) is 33.8. The van der Waals surface area contributed by atoms with Crippen molar-refractivity contribution >= 4 is 0 Å². The van der Waals surface area contributed by atoms with Crippen molar-refractivity contribution in [1.82, 2.24) is 0 Å². The van der Waals surface area contributed by atoms with E-state index < -0.39 is 94.1 Å². The fraction of sp³-hybridized carbons (Fsp3) is 0.838. The summed E-state index contributed by atoms with van der Waals surface area (Å²) in [6, 6.07) is 9.42. The van der Waals surface area contributed by atoms with Gasteiger partial charge in [0.25, 0.3) is 0 Å². The summed E-state index contributed by atoms with van der Waals surface area (Å²) in [5, 5.41) is 104. The molecule has 0 saturated carbocycles. The van der Waals surface area contributed by atoms with Crippen LogP contribution in [0, 0.1) is 0 Å². The monoisotopic (exact) mass is 848 g/mol. The third-order valence-corrected chi connectivity index (χ3v) is 7.62. The second-order valence-corrected chi connectivity index (χ2v) is 13.3. The largest absolute Gasteiger partial charge is 0.394 e. The Labute approximate surface area is 339 Å². The normalized spacial score (nSPS) is 17.3. The molecule has 0 aromatic heterocycles. The highest BCUT2D eigenvalue weighted by Crippen LogP contribution is 2.08. The molecule has 58 heavy (non-hydrogen) atoms. The number of rotatable bonds is 41.